The van der Waals surface area contributed by atoms with Gasteiger partial charge in [-0.1, -0.05) is 23.8 Å². The van der Waals surface area contributed by atoms with Crippen LogP contribution in [0.2, 0.25) is 0 Å². The summed E-state index contributed by atoms with van der Waals surface area (Å²) in [5.41, 5.74) is 5.12. The summed E-state index contributed by atoms with van der Waals surface area (Å²) in [4.78, 5) is 19.4. The van der Waals surface area contributed by atoms with Crippen LogP contribution in [0.1, 0.15) is 33.5 Å². The molecule has 2 aromatic rings. The second kappa shape index (κ2) is 5.20. The van der Waals surface area contributed by atoms with Crippen molar-refractivity contribution in [2.24, 2.45) is 4.99 Å². The quantitative estimate of drug-likeness (QED) is 0.797. The second-order valence-electron chi connectivity index (χ2n) is 6.15. The molecule has 3 heteroatoms. The molecule has 0 unspecified atom stereocenters. The number of carbonyl (C=O) groups is 1. The third-order valence-corrected chi connectivity index (χ3v) is 4.50. The smallest absolute Gasteiger partial charge is 0.258 e. The van der Waals surface area contributed by atoms with Crippen LogP contribution in [0.3, 0.4) is 0 Å². The predicted molar refractivity (Wildman–Crippen MR) is 92.9 cm³/mol. The van der Waals surface area contributed by atoms with Crippen LogP contribution in [0.15, 0.2) is 41.5 Å². The Bertz CT molecular complexity index is 953. The SMILES string of the molecule is Cc1ccc(C(=O)N2CCC=c3cc(C)c4c(c32)C=CN=4)cc1. The maximum atomic E-state index is 13.0. The molecule has 4 rings (SSSR count). The van der Waals surface area contributed by atoms with Crippen LogP contribution in [0.25, 0.3) is 12.2 Å². The van der Waals surface area contributed by atoms with Gasteiger partial charge in [0.25, 0.3) is 5.91 Å². The van der Waals surface area contributed by atoms with E-state index in [0.29, 0.717) is 6.54 Å². The van der Waals surface area contributed by atoms with Gasteiger partial charge in [-0.3, -0.25) is 9.79 Å². The van der Waals surface area contributed by atoms with Gasteiger partial charge >= 0.3 is 0 Å². The monoisotopic (exact) mass is 302 g/mol. The zero-order valence-electron chi connectivity index (χ0n) is 13.3. The normalized spacial score (nSPS) is 14.8. The van der Waals surface area contributed by atoms with Crippen LogP contribution >= 0.6 is 0 Å². The van der Waals surface area contributed by atoms with Crippen molar-refractivity contribution in [3.05, 3.63) is 69.4 Å². The summed E-state index contributed by atoms with van der Waals surface area (Å²) in [7, 11) is 0. The molecule has 0 N–H and O–H groups in total. The Hall–Kier alpha value is -2.68. The van der Waals surface area contributed by atoms with Gasteiger partial charge in [0.2, 0.25) is 0 Å². The first-order valence-corrected chi connectivity index (χ1v) is 7.92. The van der Waals surface area contributed by atoms with Gasteiger partial charge in [-0.25, -0.2) is 0 Å². The van der Waals surface area contributed by atoms with Gasteiger partial charge in [0.1, 0.15) is 0 Å². The lowest BCUT2D eigenvalue weighted by molar-refractivity contribution is 0.0987. The fraction of sp³-hybridized carbons (Fsp3) is 0.200. The maximum Gasteiger partial charge on any atom is 0.258 e. The van der Waals surface area contributed by atoms with Crippen LogP contribution in [0.5, 0.6) is 0 Å². The fourth-order valence-corrected chi connectivity index (χ4v) is 3.34. The number of benzene rings is 2. The van der Waals surface area contributed by atoms with E-state index in [1.54, 1.807) is 0 Å². The lowest BCUT2D eigenvalue weighted by Gasteiger charge is -2.28. The van der Waals surface area contributed by atoms with E-state index in [2.05, 4.69) is 24.1 Å². The van der Waals surface area contributed by atoms with E-state index in [9.17, 15) is 4.79 Å². The molecule has 23 heavy (non-hydrogen) atoms. The van der Waals surface area contributed by atoms with Crippen molar-refractivity contribution in [3.8, 4) is 0 Å². The third kappa shape index (κ3) is 2.20. The van der Waals surface area contributed by atoms with Crippen molar-refractivity contribution in [1.82, 2.24) is 0 Å². The first-order valence-electron chi connectivity index (χ1n) is 7.92. The molecule has 2 aliphatic heterocycles. The number of anilines is 1. The highest BCUT2D eigenvalue weighted by Gasteiger charge is 2.24. The standard InChI is InChI=1S/C20H18N2O/c1-13-5-7-15(8-6-13)20(23)22-11-3-4-16-12-14(2)18-17(19(16)22)9-10-21-18/h4-10,12H,3,11H2,1-2H3. The first kappa shape index (κ1) is 13.9. The molecule has 0 aliphatic carbocycles. The Balaban J connectivity index is 1.87. The van der Waals surface area contributed by atoms with Crippen molar-refractivity contribution in [2.75, 3.05) is 11.4 Å². The van der Waals surface area contributed by atoms with E-state index >= 15 is 0 Å². The molecule has 2 heterocycles. The van der Waals surface area contributed by atoms with E-state index in [4.69, 9.17) is 0 Å². The molecular weight excluding hydrogens is 284 g/mol. The number of carbonyl (C=O) groups excluding carboxylic acids is 1. The molecule has 2 aromatic carbocycles. The molecule has 0 atom stereocenters. The predicted octanol–water partition coefficient (Wildman–Crippen LogP) is 2.74. The van der Waals surface area contributed by atoms with Gasteiger partial charge < -0.3 is 4.90 Å². The van der Waals surface area contributed by atoms with Gasteiger partial charge in [0, 0.05) is 23.9 Å². The van der Waals surface area contributed by atoms with Gasteiger partial charge in [-0.2, -0.15) is 0 Å². The molecule has 3 nitrogen and oxygen atoms in total. The average molecular weight is 302 g/mol. The van der Waals surface area contributed by atoms with Crippen LogP contribution in [-0.2, 0) is 0 Å². The van der Waals surface area contributed by atoms with Crippen LogP contribution < -0.4 is 15.5 Å². The Morgan fingerprint density at radius 1 is 1.17 bits per heavy atom. The highest BCUT2D eigenvalue weighted by molar-refractivity contribution is 6.07. The molecule has 0 spiro atoms. The molecule has 0 fully saturated rings. The highest BCUT2D eigenvalue weighted by atomic mass is 16.2. The van der Waals surface area contributed by atoms with E-state index in [-0.39, 0.29) is 5.91 Å². The summed E-state index contributed by atoms with van der Waals surface area (Å²) >= 11 is 0. The minimum Gasteiger partial charge on any atom is -0.307 e. The molecule has 0 saturated heterocycles. The summed E-state index contributed by atoms with van der Waals surface area (Å²) < 4.78 is 0. The van der Waals surface area contributed by atoms with Crippen LogP contribution in [-0.4, -0.2) is 12.5 Å². The summed E-state index contributed by atoms with van der Waals surface area (Å²) in [5, 5.41) is 2.12. The molecule has 2 aliphatic rings. The molecule has 114 valence electrons. The van der Waals surface area contributed by atoms with Gasteiger partial charge in [0.05, 0.1) is 11.0 Å². The zero-order valence-corrected chi connectivity index (χ0v) is 13.3. The second-order valence-corrected chi connectivity index (χ2v) is 6.15. The molecule has 0 aromatic heterocycles. The van der Waals surface area contributed by atoms with Crippen molar-refractivity contribution >= 4 is 23.7 Å². The Morgan fingerprint density at radius 3 is 2.74 bits per heavy atom. The molecule has 1 amide bonds. The van der Waals surface area contributed by atoms with Gasteiger partial charge in [-0.05, 0) is 55.3 Å². The van der Waals surface area contributed by atoms with E-state index in [1.165, 1.54) is 0 Å². The number of hydrogen-bond acceptors (Lipinski definition) is 2. The van der Waals surface area contributed by atoms with Crippen molar-refractivity contribution in [2.45, 2.75) is 20.3 Å². The summed E-state index contributed by atoms with van der Waals surface area (Å²) in [6, 6.07) is 9.92. The zero-order chi connectivity index (χ0) is 16.0. The molecule has 0 bridgehead atoms. The van der Waals surface area contributed by atoms with Crippen molar-refractivity contribution in [3.63, 3.8) is 0 Å². The van der Waals surface area contributed by atoms with E-state index in [0.717, 1.165) is 44.9 Å². The number of amides is 1. The van der Waals surface area contributed by atoms with Gasteiger partial charge in [-0.15, -0.1) is 0 Å². The topological polar surface area (TPSA) is 32.7 Å². The Labute approximate surface area is 135 Å². The lowest BCUT2D eigenvalue weighted by atomic mass is 10.0. The van der Waals surface area contributed by atoms with E-state index in [1.807, 2.05) is 48.4 Å². The number of aryl methyl sites for hydroxylation is 2. The minimum absolute atomic E-state index is 0.0608. The first-order chi connectivity index (χ1) is 11.1. The summed E-state index contributed by atoms with van der Waals surface area (Å²) in [6.07, 6.45) is 6.92. The van der Waals surface area contributed by atoms with Gasteiger partial charge in [0.15, 0.2) is 0 Å². The van der Waals surface area contributed by atoms with Crippen molar-refractivity contribution < 1.29 is 4.79 Å². The maximum absolute atomic E-state index is 13.0. The number of hydrogen-bond donors (Lipinski definition) is 0. The average Bonchev–Trinajstić information content (AvgIpc) is 3.05. The van der Waals surface area contributed by atoms with Crippen LogP contribution in [0, 0.1) is 13.8 Å². The Kier molecular flexibility index (Phi) is 3.15. The third-order valence-electron chi connectivity index (χ3n) is 4.50. The summed E-state index contributed by atoms with van der Waals surface area (Å²) in [6.45, 7) is 4.81. The number of rotatable bonds is 1. The Morgan fingerprint density at radius 2 is 1.96 bits per heavy atom. The van der Waals surface area contributed by atoms with Crippen LogP contribution in [0.4, 0.5) is 5.69 Å². The van der Waals surface area contributed by atoms with Crippen molar-refractivity contribution in [1.29, 1.82) is 0 Å². The highest BCUT2D eigenvalue weighted by Crippen LogP contribution is 2.23. The number of nitrogens with zero attached hydrogens (tertiary/aromatic N) is 2. The molecular formula is C20H18N2O. The minimum atomic E-state index is 0.0608. The number of fused-ring (bicyclic) bond motifs is 3. The lowest BCUT2D eigenvalue weighted by Crippen LogP contribution is -2.40. The van der Waals surface area contributed by atoms with E-state index < -0.39 is 0 Å². The molecule has 0 radical (unpaired) electrons. The fourth-order valence-electron chi connectivity index (χ4n) is 3.34. The largest absolute Gasteiger partial charge is 0.307 e. The molecule has 0 saturated carbocycles. The summed E-state index contributed by atoms with van der Waals surface area (Å²) in [5.74, 6) is 0.0608.